The van der Waals surface area contributed by atoms with Crippen molar-refractivity contribution >= 4 is 29.2 Å². The zero-order valence-electron chi connectivity index (χ0n) is 24.9. The second kappa shape index (κ2) is 13.7. The summed E-state index contributed by atoms with van der Waals surface area (Å²) in [5, 5.41) is 14.4. The van der Waals surface area contributed by atoms with Crippen LogP contribution in [0.1, 0.15) is 67.8 Å². The summed E-state index contributed by atoms with van der Waals surface area (Å²) < 4.78 is 16.9. The fourth-order valence-corrected chi connectivity index (χ4v) is 6.44. The number of likely N-dealkylation sites (tertiary alicyclic amines) is 1. The van der Waals surface area contributed by atoms with Crippen molar-refractivity contribution in [2.75, 3.05) is 31.8 Å². The number of anilines is 1. The number of carbonyl (C=O) groups excluding carboxylic acids is 1. The number of amides is 1. The monoisotopic (exact) mass is 606 g/mol. The lowest BCUT2D eigenvalue weighted by Crippen LogP contribution is -2.35. The maximum absolute atomic E-state index is 13.7. The minimum Gasteiger partial charge on any atom is -0.494 e. The summed E-state index contributed by atoms with van der Waals surface area (Å²) in [5.74, 6) is -0.317. The summed E-state index contributed by atoms with van der Waals surface area (Å²) in [4.78, 5) is 28.6. The summed E-state index contributed by atoms with van der Waals surface area (Å²) in [6.07, 6.45) is 3.43. The number of nitrogens with zero attached hydrogens (tertiary/aromatic N) is 1. The maximum Gasteiger partial charge on any atom is 0.309 e. The number of carboxylic acids is 1. The van der Waals surface area contributed by atoms with E-state index in [2.05, 4.69) is 12.2 Å². The molecule has 2 aliphatic rings. The normalized spacial score (nSPS) is 19.4. The molecule has 0 spiro atoms. The fourth-order valence-electron chi connectivity index (χ4n) is 6.17. The summed E-state index contributed by atoms with van der Waals surface area (Å²) in [6, 6.07) is 16.4. The Morgan fingerprint density at radius 1 is 0.977 bits per heavy atom. The van der Waals surface area contributed by atoms with Crippen LogP contribution in [0.15, 0.2) is 54.6 Å². The van der Waals surface area contributed by atoms with Crippen LogP contribution < -0.4 is 19.5 Å². The van der Waals surface area contributed by atoms with E-state index in [4.69, 9.17) is 25.8 Å². The Morgan fingerprint density at radius 2 is 1.65 bits per heavy atom. The number of ether oxygens (including phenoxy) is 3. The number of aliphatic carboxylic acids is 1. The van der Waals surface area contributed by atoms with Crippen molar-refractivity contribution in [1.29, 1.82) is 0 Å². The molecule has 1 amide bonds. The number of unbranched alkanes of at least 4 members (excludes halogenated alkanes) is 1. The molecule has 0 radical (unpaired) electrons. The van der Waals surface area contributed by atoms with E-state index >= 15 is 0 Å². The highest BCUT2D eigenvalue weighted by molar-refractivity contribution is 6.30. The van der Waals surface area contributed by atoms with Crippen molar-refractivity contribution in [1.82, 2.24) is 4.90 Å². The van der Waals surface area contributed by atoms with E-state index in [0.29, 0.717) is 29.7 Å². The summed E-state index contributed by atoms with van der Waals surface area (Å²) in [6.45, 7) is 7.33. The van der Waals surface area contributed by atoms with Crippen molar-refractivity contribution in [2.24, 2.45) is 5.92 Å². The third-order valence-corrected chi connectivity index (χ3v) is 8.55. The summed E-state index contributed by atoms with van der Waals surface area (Å²) in [5.41, 5.74) is 4.38. The van der Waals surface area contributed by atoms with Gasteiger partial charge in [0.05, 0.1) is 19.1 Å². The molecule has 3 aromatic rings. The van der Waals surface area contributed by atoms with Crippen LogP contribution in [-0.2, 0) is 22.4 Å². The van der Waals surface area contributed by atoms with Gasteiger partial charge in [0.15, 0.2) is 11.5 Å². The number of hydrogen-bond donors (Lipinski definition) is 2. The van der Waals surface area contributed by atoms with Crippen LogP contribution in [0.2, 0.25) is 5.02 Å². The molecule has 0 saturated carbocycles. The molecule has 43 heavy (non-hydrogen) atoms. The van der Waals surface area contributed by atoms with Gasteiger partial charge >= 0.3 is 5.97 Å². The number of halogens is 1. The molecule has 8 nitrogen and oxygen atoms in total. The van der Waals surface area contributed by atoms with E-state index in [1.54, 1.807) is 0 Å². The molecule has 0 aromatic heterocycles. The Bertz CT molecular complexity index is 1430. The minimum absolute atomic E-state index is 0.0270. The topological polar surface area (TPSA) is 97.3 Å². The van der Waals surface area contributed by atoms with Gasteiger partial charge in [0, 0.05) is 29.2 Å². The molecule has 5 rings (SSSR count). The quantitative estimate of drug-likeness (QED) is 0.218. The zero-order chi connectivity index (χ0) is 30.5. The van der Waals surface area contributed by atoms with Gasteiger partial charge in [0.25, 0.3) is 0 Å². The lowest BCUT2D eigenvalue weighted by atomic mass is 9.82. The molecule has 2 aliphatic heterocycles. The Morgan fingerprint density at radius 3 is 2.30 bits per heavy atom. The molecule has 2 N–H and O–H groups in total. The van der Waals surface area contributed by atoms with Crippen molar-refractivity contribution in [3.8, 4) is 17.2 Å². The maximum atomic E-state index is 13.7. The number of fused-ring (bicyclic) bond motifs is 1. The van der Waals surface area contributed by atoms with Crippen molar-refractivity contribution in [3.05, 3.63) is 81.9 Å². The van der Waals surface area contributed by atoms with Crippen LogP contribution in [-0.4, -0.2) is 48.4 Å². The van der Waals surface area contributed by atoms with Gasteiger partial charge in [0.1, 0.15) is 5.75 Å². The van der Waals surface area contributed by atoms with Gasteiger partial charge < -0.3 is 24.6 Å². The Hall–Kier alpha value is -3.75. The van der Waals surface area contributed by atoms with Crippen molar-refractivity contribution in [3.63, 3.8) is 0 Å². The third-order valence-electron chi connectivity index (χ3n) is 8.34. The van der Waals surface area contributed by atoms with Gasteiger partial charge in [-0.1, -0.05) is 57.0 Å². The number of benzene rings is 3. The van der Waals surface area contributed by atoms with E-state index < -0.39 is 17.9 Å². The molecule has 0 unspecified atom stereocenters. The predicted octanol–water partition coefficient (Wildman–Crippen LogP) is 6.85. The van der Waals surface area contributed by atoms with Crippen LogP contribution in [0.25, 0.3) is 0 Å². The highest BCUT2D eigenvalue weighted by Gasteiger charge is 2.48. The number of rotatable bonds is 12. The van der Waals surface area contributed by atoms with Crippen LogP contribution in [0, 0.1) is 5.92 Å². The average molecular weight is 607 g/mol. The van der Waals surface area contributed by atoms with Gasteiger partial charge in [-0.2, -0.15) is 0 Å². The molecule has 0 bridgehead atoms. The Balaban J connectivity index is 1.46. The first kappa shape index (κ1) is 30.7. The van der Waals surface area contributed by atoms with Crippen molar-refractivity contribution in [2.45, 2.75) is 58.4 Å². The van der Waals surface area contributed by atoms with Crippen LogP contribution >= 0.6 is 11.6 Å². The standard InChI is InChI=1S/C34H39ClN2O6/c1-4-7-14-41-26-11-8-23(9-12-26)33-31(34(39)40)27(24-10-13-28-29(17-24)43-20-42-28)18-37(33)19-30(38)36-32-21(5-2)15-25(35)16-22(32)6-3/h8-13,15-17,27,31,33H,4-7,14,18-20H2,1-3H3,(H,36,38)(H,39,40)/t27-,31-,33+/m1/s1. The third kappa shape index (κ3) is 6.76. The molecule has 1 saturated heterocycles. The number of nitrogens with one attached hydrogen (secondary N) is 1. The van der Waals surface area contributed by atoms with Crippen LogP contribution in [0.5, 0.6) is 17.2 Å². The zero-order valence-corrected chi connectivity index (χ0v) is 25.7. The van der Waals surface area contributed by atoms with E-state index in [-0.39, 0.29) is 25.2 Å². The van der Waals surface area contributed by atoms with E-state index in [1.165, 1.54) is 0 Å². The molecule has 3 atom stereocenters. The Labute approximate surface area is 257 Å². The highest BCUT2D eigenvalue weighted by atomic mass is 35.5. The second-order valence-corrected chi connectivity index (χ2v) is 11.5. The van der Waals surface area contributed by atoms with Crippen LogP contribution in [0.4, 0.5) is 5.69 Å². The lowest BCUT2D eigenvalue weighted by Gasteiger charge is -2.27. The molecule has 3 aromatic carbocycles. The first-order chi connectivity index (χ1) is 20.8. The van der Waals surface area contributed by atoms with E-state index in [0.717, 1.165) is 59.4 Å². The predicted molar refractivity (Wildman–Crippen MR) is 166 cm³/mol. The fraction of sp³-hybridized carbons (Fsp3) is 0.412. The summed E-state index contributed by atoms with van der Waals surface area (Å²) >= 11 is 6.34. The second-order valence-electron chi connectivity index (χ2n) is 11.1. The van der Waals surface area contributed by atoms with Gasteiger partial charge in [-0.15, -0.1) is 0 Å². The largest absolute Gasteiger partial charge is 0.494 e. The number of aryl methyl sites for hydroxylation is 2. The number of hydrogen-bond acceptors (Lipinski definition) is 6. The van der Waals surface area contributed by atoms with E-state index in [9.17, 15) is 14.7 Å². The summed E-state index contributed by atoms with van der Waals surface area (Å²) in [7, 11) is 0. The SMILES string of the molecule is CCCCOc1ccc([C@H]2[C@H](C(=O)O)[C@@H](c3ccc4c(c3)OCO4)CN2CC(=O)Nc2c(CC)cc(Cl)cc2CC)cc1. The minimum atomic E-state index is -0.918. The molecule has 0 aliphatic carbocycles. The lowest BCUT2D eigenvalue weighted by molar-refractivity contribution is -0.143. The van der Waals surface area contributed by atoms with Gasteiger partial charge in [0.2, 0.25) is 12.7 Å². The Kier molecular flexibility index (Phi) is 9.78. The van der Waals surface area contributed by atoms with Gasteiger partial charge in [-0.25, -0.2) is 0 Å². The number of carboxylic acid groups (broad SMARTS) is 1. The highest BCUT2D eigenvalue weighted by Crippen LogP contribution is 2.48. The van der Waals surface area contributed by atoms with Crippen molar-refractivity contribution < 1.29 is 28.9 Å². The molecule has 228 valence electrons. The first-order valence-corrected chi connectivity index (χ1v) is 15.4. The average Bonchev–Trinajstić information content (AvgIpc) is 3.62. The number of carbonyl (C=O) groups is 2. The molecule has 2 heterocycles. The molecular weight excluding hydrogens is 568 g/mol. The molecular formula is C34H39ClN2O6. The molecule has 9 heteroatoms. The van der Waals surface area contributed by atoms with Gasteiger partial charge in [-0.05, 0) is 77.9 Å². The van der Waals surface area contributed by atoms with Gasteiger partial charge in [-0.3, -0.25) is 14.5 Å². The van der Waals surface area contributed by atoms with E-state index in [1.807, 2.05) is 73.3 Å². The smallest absolute Gasteiger partial charge is 0.309 e. The first-order valence-electron chi connectivity index (χ1n) is 15.0. The van der Waals surface area contributed by atoms with Crippen LogP contribution in [0.3, 0.4) is 0 Å². The molecule has 1 fully saturated rings.